The average Bonchev–Trinajstić information content (AvgIpc) is 3.36. The Morgan fingerprint density at radius 1 is 1.28 bits per heavy atom. The normalized spacial score (nSPS) is 17.3. The molecule has 2 heterocycles. The number of amides is 1. The van der Waals surface area contributed by atoms with E-state index in [1.807, 2.05) is 54.7 Å². The summed E-state index contributed by atoms with van der Waals surface area (Å²) in [5.41, 5.74) is 3.64. The molecule has 1 amide bonds. The average molecular weight is 411 g/mol. The van der Waals surface area contributed by atoms with Crippen molar-refractivity contribution in [3.8, 4) is 0 Å². The van der Waals surface area contributed by atoms with Gasteiger partial charge < -0.3 is 9.47 Å². The largest absolute Gasteiger partial charge is 0.337 e. The molecule has 3 aromatic rings. The molecule has 6 heteroatoms. The minimum absolute atomic E-state index is 0.0298. The van der Waals surface area contributed by atoms with Crippen LogP contribution >= 0.6 is 11.6 Å². The van der Waals surface area contributed by atoms with Gasteiger partial charge in [0, 0.05) is 42.8 Å². The summed E-state index contributed by atoms with van der Waals surface area (Å²) in [4.78, 5) is 21.7. The van der Waals surface area contributed by atoms with Gasteiger partial charge in [-0.15, -0.1) is 0 Å². The molecule has 5 nitrogen and oxygen atoms in total. The number of para-hydroxylation sites is 2. The maximum atomic E-state index is 13.0. The Labute approximate surface area is 176 Å². The zero-order valence-electron chi connectivity index (χ0n) is 17.2. The van der Waals surface area contributed by atoms with Gasteiger partial charge in [0.05, 0.1) is 23.9 Å². The minimum atomic E-state index is 0.0298. The van der Waals surface area contributed by atoms with Crippen LogP contribution in [-0.4, -0.2) is 57.5 Å². The number of carbonyl (C=O) groups is 1. The summed E-state index contributed by atoms with van der Waals surface area (Å²) in [5, 5.41) is 0.609. The van der Waals surface area contributed by atoms with E-state index in [9.17, 15) is 4.79 Å². The van der Waals surface area contributed by atoms with Crippen molar-refractivity contribution in [2.24, 2.45) is 0 Å². The number of hydrogen-bond acceptors (Lipinski definition) is 3. The third-order valence-electron chi connectivity index (χ3n) is 5.96. The highest BCUT2D eigenvalue weighted by Gasteiger charge is 2.30. The van der Waals surface area contributed by atoms with E-state index < -0.39 is 0 Å². The van der Waals surface area contributed by atoms with Gasteiger partial charge in [-0.2, -0.15) is 0 Å². The van der Waals surface area contributed by atoms with E-state index >= 15 is 0 Å². The Morgan fingerprint density at radius 3 is 2.79 bits per heavy atom. The smallest absolute Gasteiger partial charge is 0.253 e. The first kappa shape index (κ1) is 19.9. The van der Waals surface area contributed by atoms with Gasteiger partial charge in [-0.25, -0.2) is 4.98 Å². The van der Waals surface area contributed by atoms with Crippen LogP contribution in [-0.2, 0) is 6.54 Å². The van der Waals surface area contributed by atoms with E-state index in [0.29, 0.717) is 23.2 Å². The second kappa shape index (κ2) is 8.17. The Morgan fingerprint density at radius 2 is 2.07 bits per heavy atom. The van der Waals surface area contributed by atoms with Crippen molar-refractivity contribution < 1.29 is 4.79 Å². The number of nitrogens with zero attached hydrogens (tertiary/aromatic N) is 4. The van der Waals surface area contributed by atoms with Crippen molar-refractivity contribution in [1.82, 2.24) is 19.4 Å². The summed E-state index contributed by atoms with van der Waals surface area (Å²) in [5.74, 6) is 0.0298. The molecule has 1 saturated heterocycles. The zero-order chi connectivity index (χ0) is 20.5. The third-order valence-corrected chi connectivity index (χ3v) is 6.31. The lowest BCUT2D eigenvalue weighted by atomic mass is 10.1. The molecule has 0 bridgehead atoms. The molecule has 0 aliphatic carbocycles. The molecule has 2 aromatic carbocycles. The van der Waals surface area contributed by atoms with Crippen LogP contribution in [0.3, 0.4) is 0 Å². The molecule has 1 fully saturated rings. The maximum absolute atomic E-state index is 13.0. The zero-order valence-corrected chi connectivity index (χ0v) is 17.9. The summed E-state index contributed by atoms with van der Waals surface area (Å²) < 4.78 is 2.07. The second-order valence-electron chi connectivity index (χ2n) is 8.11. The number of aromatic nitrogens is 2. The summed E-state index contributed by atoms with van der Waals surface area (Å²) in [6.45, 7) is 6.99. The molecule has 1 unspecified atom stereocenters. The number of imidazole rings is 1. The maximum Gasteiger partial charge on any atom is 0.253 e. The van der Waals surface area contributed by atoms with Crippen molar-refractivity contribution in [3.63, 3.8) is 0 Å². The summed E-state index contributed by atoms with van der Waals surface area (Å²) >= 11 is 6.56. The molecule has 0 spiro atoms. The van der Waals surface area contributed by atoms with Crippen molar-refractivity contribution in [2.75, 3.05) is 20.1 Å². The van der Waals surface area contributed by atoms with Crippen LogP contribution in [0.1, 0.15) is 36.2 Å². The van der Waals surface area contributed by atoms with Gasteiger partial charge in [-0.1, -0.05) is 29.8 Å². The number of hydrogen-bond donors (Lipinski definition) is 0. The number of likely N-dealkylation sites (tertiary alicyclic amines) is 1. The number of likely N-dealkylation sites (N-methyl/N-ethyl adjacent to an activating group) is 1. The number of fused-ring (bicyclic) bond motifs is 1. The fourth-order valence-electron chi connectivity index (χ4n) is 4.05. The van der Waals surface area contributed by atoms with Crippen molar-refractivity contribution in [1.29, 1.82) is 0 Å². The van der Waals surface area contributed by atoms with Gasteiger partial charge in [0.2, 0.25) is 0 Å². The first-order valence-corrected chi connectivity index (χ1v) is 10.5. The number of halogens is 1. The topological polar surface area (TPSA) is 41.4 Å². The van der Waals surface area contributed by atoms with Crippen LogP contribution in [0, 0.1) is 0 Å². The number of carbonyl (C=O) groups excluding carboxylic acids is 1. The molecular formula is C23H27ClN4O. The quantitative estimate of drug-likeness (QED) is 0.630. The number of benzene rings is 2. The minimum Gasteiger partial charge on any atom is -0.337 e. The standard InChI is InChI=1S/C23H27ClN4O/c1-16(2)27-11-10-19(14-27)26(3)23(29)17-8-9-18(20(24)12-17)13-28-15-25-21-6-4-5-7-22(21)28/h4-9,12,15-16,19H,10-11,13-14H2,1-3H3. The predicted octanol–water partition coefficient (Wildman–Crippen LogP) is 4.29. The molecule has 0 radical (unpaired) electrons. The lowest BCUT2D eigenvalue weighted by Gasteiger charge is -2.26. The molecule has 4 rings (SSSR count). The van der Waals surface area contributed by atoms with Crippen LogP contribution < -0.4 is 0 Å². The monoisotopic (exact) mass is 410 g/mol. The first-order valence-electron chi connectivity index (χ1n) is 10.1. The van der Waals surface area contributed by atoms with E-state index in [4.69, 9.17) is 11.6 Å². The van der Waals surface area contributed by atoms with Crippen molar-refractivity contribution >= 4 is 28.5 Å². The molecule has 29 heavy (non-hydrogen) atoms. The van der Waals surface area contributed by atoms with Gasteiger partial charge in [0.15, 0.2) is 0 Å². The van der Waals surface area contributed by atoms with Crippen LogP contribution in [0.2, 0.25) is 5.02 Å². The van der Waals surface area contributed by atoms with Crippen LogP contribution in [0.15, 0.2) is 48.8 Å². The van der Waals surface area contributed by atoms with E-state index in [2.05, 4.69) is 28.3 Å². The highest BCUT2D eigenvalue weighted by Crippen LogP contribution is 2.24. The molecule has 152 valence electrons. The molecule has 1 aliphatic rings. The van der Waals surface area contributed by atoms with Gasteiger partial charge in [0.25, 0.3) is 5.91 Å². The third kappa shape index (κ3) is 4.02. The second-order valence-corrected chi connectivity index (χ2v) is 8.52. The van der Waals surface area contributed by atoms with Gasteiger partial charge >= 0.3 is 0 Å². The highest BCUT2D eigenvalue weighted by molar-refractivity contribution is 6.31. The Kier molecular flexibility index (Phi) is 5.61. The SMILES string of the molecule is CC(C)N1CCC(N(C)C(=O)c2ccc(Cn3cnc4ccccc43)c(Cl)c2)C1. The summed E-state index contributed by atoms with van der Waals surface area (Å²) in [6, 6.07) is 14.4. The fourth-order valence-corrected chi connectivity index (χ4v) is 4.29. The summed E-state index contributed by atoms with van der Waals surface area (Å²) in [7, 11) is 1.90. The highest BCUT2D eigenvalue weighted by atomic mass is 35.5. The van der Waals surface area contributed by atoms with Gasteiger partial charge in [-0.05, 0) is 50.1 Å². The van der Waals surface area contributed by atoms with Crippen LogP contribution in [0.5, 0.6) is 0 Å². The molecular weight excluding hydrogens is 384 g/mol. The molecule has 1 aliphatic heterocycles. The summed E-state index contributed by atoms with van der Waals surface area (Å²) in [6.07, 6.45) is 2.84. The van der Waals surface area contributed by atoms with Crippen molar-refractivity contribution in [3.05, 3.63) is 64.9 Å². The number of rotatable bonds is 5. The lowest BCUT2D eigenvalue weighted by molar-refractivity contribution is 0.0732. The fraction of sp³-hybridized carbons (Fsp3) is 0.391. The van der Waals surface area contributed by atoms with E-state index in [1.165, 1.54) is 0 Å². The molecule has 0 saturated carbocycles. The molecule has 1 atom stereocenters. The lowest BCUT2D eigenvalue weighted by Crippen LogP contribution is -2.40. The molecule has 0 N–H and O–H groups in total. The van der Waals surface area contributed by atoms with Crippen LogP contribution in [0.4, 0.5) is 0 Å². The van der Waals surface area contributed by atoms with E-state index in [0.717, 1.165) is 36.1 Å². The van der Waals surface area contributed by atoms with E-state index in [1.54, 1.807) is 6.07 Å². The van der Waals surface area contributed by atoms with E-state index in [-0.39, 0.29) is 11.9 Å². The Balaban J connectivity index is 1.49. The van der Waals surface area contributed by atoms with Crippen LogP contribution in [0.25, 0.3) is 11.0 Å². The van der Waals surface area contributed by atoms with Crippen molar-refractivity contribution in [2.45, 2.75) is 38.9 Å². The Hall–Kier alpha value is -2.37. The molecule has 1 aromatic heterocycles. The van der Waals surface area contributed by atoms with Gasteiger partial charge in [0.1, 0.15) is 0 Å². The van der Waals surface area contributed by atoms with Gasteiger partial charge in [-0.3, -0.25) is 9.69 Å². The Bertz CT molecular complexity index is 1030. The predicted molar refractivity (Wildman–Crippen MR) is 117 cm³/mol. The first-order chi connectivity index (χ1) is 13.9.